The van der Waals surface area contributed by atoms with Crippen molar-refractivity contribution in [2.24, 2.45) is 5.92 Å². The van der Waals surface area contributed by atoms with Gasteiger partial charge in [-0.15, -0.1) is 11.3 Å². The van der Waals surface area contributed by atoms with E-state index >= 15 is 0 Å². The van der Waals surface area contributed by atoms with Crippen LogP contribution in [0.5, 0.6) is 0 Å². The molecule has 120 valence electrons. The normalized spacial score (nSPS) is 22.0. The van der Waals surface area contributed by atoms with Crippen LogP contribution in [0.4, 0.5) is 0 Å². The van der Waals surface area contributed by atoms with Gasteiger partial charge in [-0.3, -0.25) is 9.20 Å². The third-order valence-electron chi connectivity index (χ3n) is 4.27. The van der Waals surface area contributed by atoms with Crippen molar-refractivity contribution in [2.45, 2.75) is 45.1 Å². The second-order valence-corrected chi connectivity index (χ2v) is 6.90. The van der Waals surface area contributed by atoms with E-state index in [1.54, 1.807) is 11.3 Å². The molecule has 5 nitrogen and oxygen atoms in total. The lowest BCUT2D eigenvalue weighted by atomic mass is 9.88. The Morgan fingerprint density at radius 2 is 2.36 bits per heavy atom. The number of aromatic nitrogens is 2. The van der Waals surface area contributed by atoms with Crippen LogP contribution in [0, 0.1) is 5.92 Å². The van der Waals surface area contributed by atoms with Gasteiger partial charge in [0.15, 0.2) is 4.96 Å². The summed E-state index contributed by atoms with van der Waals surface area (Å²) in [6.45, 7) is 3.43. The second kappa shape index (κ2) is 7.24. The minimum atomic E-state index is 0.00560. The predicted molar refractivity (Wildman–Crippen MR) is 87.2 cm³/mol. The number of nitrogens with one attached hydrogen (secondary N) is 1. The molecule has 1 N–H and O–H groups in total. The van der Waals surface area contributed by atoms with Crippen LogP contribution in [-0.2, 0) is 16.0 Å². The highest BCUT2D eigenvalue weighted by Gasteiger charge is 2.21. The van der Waals surface area contributed by atoms with Gasteiger partial charge in [0.05, 0.1) is 24.8 Å². The van der Waals surface area contributed by atoms with Crippen LogP contribution in [0.1, 0.15) is 38.3 Å². The van der Waals surface area contributed by atoms with E-state index in [-0.39, 0.29) is 5.91 Å². The minimum Gasteiger partial charge on any atom is -0.376 e. The quantitative estimate of drug-likeness (QED) is 0.832. The molecule has 2 aromatic rings. The van der Waals surface area contributed by atoms with Crippen LogP contribution in [0.3, 0.4) is 0 Å². The van der Waals surface area contributed by atoms with E-state index in [9.17, 15) is 4.79 Å². The Labute approximate surface area is 134 Å². The standard InChI is InChI=1S/C16H23N3O2S/c1-12-4-2-3-5-14(12)21-8-6-17-15(20)10-13-11-19-7-9-22-16(19)18-13/h7,9,11-12,14H,2-6,8,10H2,1H3,(H,17,20)/t12-,14+/m0/s1. The fourth-order valence-corrected chi connectivity index (χ4v) is 3.74. The maximum Gasteiger partial charge on any atom is 0.226 e. The lowest BCUT2D eigenvalue weighted by molar-refractivity contribution is -0.121. The largest absolute Gasteiger partial charge is 0.376 e. The average Bonchev–Trinajstić information content (AvgIpc) is 3.06. The fraction of sp³-hybridized carbons (Fsp3) is 0.625. The van der Waals surface area contributed by atoms with Crippen LogP contribution in [0.15, 0.2) is 17.8 Å². The van der Waals surface area contributed by atoms with Gasteiger partial charge in [0.25, 0.3) is 0 Å². The van der Waals surface area contributed by atoms with E-state index in [4.69, 9.17) is 4.74 Å². The Morgan fingerprint density at radius 1 is 1.50 bits per heavy atom. The number of amides is 1. The van der Waals surface area contributed by atoms with E-state index < -0.39 is 0 Å². The molecule has 0 aliphatic heterocycles. The second-order valence-electron chi connectivity index (χ2n) is 6.02. The molecule has 3 rings (SSSR count). The Kier molecular flexibility index (Phi) is 5.10. The summed E-state index contributed by atoms with van der Waals surface area (Å²) < 4.78 is 7.84. The van der Waals surface area contributed by atoms with Crippen LogP contribution >= 0.6 is 11.3 Å². The Morgan fingerprint density at radius 3 is 3.18 bits per heavy atom. The molecule has 1 aliphatic rings. The molecule has 2 aromatic heterocycles. The number of thiazole rings is 1. The summed E-state index contributed by atoms with van der Waals surface area (Å²) in [4.78, 5) is 17.3. The van der Waals surface area contributed by atoms with Gasteiger partial charge in [0.2, 0.25) is 5.91 Å². The molecule has 22 heavy (non-hydrogen) atoms. The number of rotatable bonds is 6. The minimum absolute atomic E-state index is 0.00560. The first-order valence-corrected chi connectivity index (χ1v) is 8.90. The molecule has 0 aromatic carbocycles. The average molecular weight is 321 g/mol. The summed E-state index contributed by atoms with van der Waals surface area (Å²) in [5.41, 5.74) is 0.811. The zero-order chi connectivity index (χ0) is 15.4. The van der Waals surface area contributed by atoms with Gasteiger partial charge in [0, 0.05) is 24.3 Å². The first-order chi connectivity index (χ1) is 10.7. The molecular formula is C16H23N3O2S. The van der Waals surface area contributed by atoms with Crippen molar-refractivity contribution in [1.82, 2.24) is 14.7 Å². The van der Waals surface area contributed by atoms with Crippen molar-refractivity contribution in [2.75, 3.05) is 13.2 Å². The molecule has 0 bridgehead atoms. The zero-order valence-corrected chi connectivity index (χ0v) is 13.8. The van der Waals surface area contributed by atoms with Gasteiger partial charge in [-0.25, -0.2) is 4.98 Å². The number of imidazole rings is 1. The van der Waals surface area contributed by atoms with E-state index in [2.05, 4.69) is 17.2 Å². The fourth-order valence-electron chi connectivity index (χ4n) is 3.02. The van der Waals surface area contributed by atoms with Gasteiger partial charge in [-0.1, -0.05) is 19.8 Å². The summed E-state index contributed by atoms with van der Waals surface area (Å²) in [5.74, 6) is 0.647. The maximum atomic E-state index is 11.9. The SMILES string of the molecule is C[C@H]1CCCC[C@H]1OCCNC(=O)Cc1cn2ccsc2n1. The Hall–Kier alpha value is -1.40. The maximum absolute atomic E-state index is 11.9. The summed E-state index contributed by atoms with van der Waals surface area (Å²) in [6, 6.07) is 0. The number of carbonyl (C=O) groups excluding carboxylic acids is 1. The Bertz CT molecular complexity index is 593. The molecule has 0 spiro atoms. The van der Waals surface area contributed by atoms with E-state index in [1.165, 1.54) is 19.3 Å². The predicted octanol–water partition coefficient (Wildman–Crippen LogP) is 2.65. The molecule has 2 heterocycles. The Balaban J connectivity index is 1.36. The smallest absolute Gasteiger partial charge is 0.226 e. The summed E-state index contributed by atoms with van der Waals surface area (Å²) in [5, 5.41) is 4.89. The van der Waals surface area contributed by atoms with Crippen molar-refractivity contribution >= 4 is 22.2 Å². The highest BCUT2D eigenvalue weighted by Crippen LogP contribution is 2.25. The molecule has 0 saturated heterocycles. The highest BCUT2D eigenvalue weighted by atomic mass is 32.1. The molecular weight excluding hydrogens is 298 g/mol. The summed E-state index contributed by atoms with van der Waals surface area (Å²) >= 11 is 1.57. The third kappa shape index (κ3) is 3.87. The van der Waals surface area contributed by atoms with Gasteiger partial charge in [0.1, 0.15) is 0 Å². The van der Waals surface area contributed by atoms with Gasteiger partial charge < -0.3 is 10.1 Å². The number of nitrogens with zero attached hydrogens (tertiary/aromatic N) is 2. The van der Waals surface area contributed by atoms with Gasteiger partial charge >= 0.3 is 0 Å². The van der Waals surface area contributed by atoms with Crippen molar-refractivity contribution < 1.29 is 9.53 Å². The van der Waals surface area contributed by atoms with Gasteiger partial charge in [-0.2, -0.15) is 0 Å². The summed E-state index contributed by atoms with van der Waals surface area (Å²) in [7, 11) is 0. The van der Waals surface area contributed by atoms with Crippen LogP contribution in [-0.4, -0.2) is 34.5 Å². The third-order valence-corrected chi connectivity index (χ3v) is 5.04. The number of ether oxygens (including phenoxy) is 1. The number of fused-ring (bicyclic) bond motifs is 1. The number of hydrogen-bond acceptors (Lipinski definition) is 4. The van der Waals surface area contributed by atoms with Crippen molar-refractivity contribution in [3.8, 4) is 0 Å². The van der Waals surface area contributed by atoms with Crippen molar-refractivity contribution in [3.63, 3.8) is 0 Å². The molecule has 2 atom stereocenters. The topological polar surface area (TPSA) is 55.6 Å². The zero-order valence-electron chi connectivity index (χ0n) is 13.0. The first kappa shape index (κ1) is 15.5. The van der Waals surface area contributed by atoms with Crippen LogP contribution in [0.25, 0.3) is 4.96 Å². The first-order valence-electron chi connectivity index (χ1n) is 8.02. The molecule has 6 heteroatoms. The molecule has 1 amide bonds. The van der Waals surface area contributed by atoms with Crippen molar-refractivity contribution in [1.29, 1.82) is 0 Å². The lowest BCUT2D eigenvalue weighted by Gasteiger charge is -2.28. The van der Waals surface area contributed by atoms with E-state index in [0.717, 1.165) is 17.1 Å². The number of carbonyl (C=O) groups is 1. The van der Waals surface area contributed by atoms with Crippen LogP contribution in [0.2, 0.25) is 0 Å². The van der Waals surface area contributed by atoms with Gasteiger partial charge in [-0.05, 0) is 18.8 Å². The molecule has 1 fully saturated rings. The highest BCUT2D eigenvalue weighted by molar-refractivity contribution is 7.15. The van der Waals surface area contributed by atoms with E-state index in [0.29, 0.717) is 31.6 Å². The lowest BCUT2D eigenvalue weighted by Crippen LogP contribution is -2.32. The molecule has 1 aliphatic carbocycles. The molecule has 1 saturated carbocycles. The van der Waals surface area contributed by atoms with Crippen molar-refractivity contribution in [3.05, 3.63) is 23.5 Å². The molecule has 0 unspecified atom stereocenters. The molecule has 0 radical (unpaired) electrons. The van der Waals surface area contributed by atoms with E-state index in [1.807, 2.05) is 22.2 Å². The number of hydrogen-bond donors (Lipinski definition) is 1. The van der Waals surface area contributed by atoms with Crippen LogP contribution < -0.4 is 5.32 Å². The summed E-state index contributed by atoms with van der Waals surface area (Å²) in [6.07, 6.45) is 9.55. The monoisotopic (exact) mass is 321 g/mol.